The summed E-state index contributed by atoms with van der Waals surface area (Å²) in [7, 11) is 0. The minimum Gasteiger partial charge on any atom is -0.448 e. The number of anilines is 1. The molecule has 12 nitrogen and oxygen atoms in total. The molecule has 2 fully saturated rings. The Bertz CT molecular complexity index is 2510. The largest absolute Gasteiger partial charge is 0.508 e. The fourth-order valence-corrected chi connectivity index (χ4v) is 8.89. The highest BCUT2D eigenvalue weighted by atomic mass is 16.8. The van der Waals surface area contributed by atoms with Crippen molar-refractivity contribution >= 4 is 18.1 Å². The molecule has 6 aromatic rings. The van der Waals surface area contributed by atoms with Gasteiger partial charge < -0.3 is 28.4 Å². The Morgan fingerprint density at radius 2 is 1.20 bits per heavy atom. The molecule has 10 rings (SSSR count). The summed E-state index contributed by atoms with van der Waals surface area (Å²) in [5.41, 5.74) is 8.78. The predicted molar refractivity (Wildman–Crippen MR) is 216 cm³/mol. The molecule has 0 saturated carbocycles. The summed E-state index contributed by atoms with van der Waals surface area (Å²) >= 11 is 0. The van der Waals surface area contributed by atoms with E-state index in [-0.39, 0.29) is 44.1 Å². The van der Waals surface area contributed by atoms with E-state index in [1.807, 2.05) is 103 Å². The molecule has 296 valence electrons. The molecule has 1 N–H and O–H groups in total. The zero-order chi connectivity index (χ0) is 39.9. The molecule has 5 aromatic carbocycles. The average Bonchev–Trinajstić information content (AvgIpc) is 3.77. The standard InChI is InChI=1S/C47H39N3O9/c51-45-48-41(49-46(52)56-24-37-33-18-8-4-14-29(33)30-15-5-9-19-34(30)37)22-23-50(45)39-26-54-40-27-55-44(28-12-2-1-3-13-28)58-43(40)42(39)59-47(53)57-25-38-35-20-10-6-16-31(35)32-17-7-11-21-36(32)38/h1-23,37-40,42-44H,24-27H2,(H,48,49,51,52)/t39-,40-,42+,43-,44-/m1/s1. The van der Waals surface area contributed by atoms with Gasteiger partial charge in [-0.3, -0.25) is 9.88 Å². The second kappa shape index (κ2) is 15.6. The molecule has 2 aliphatic carbocycles. The molecule has 5 atom stereocenters. The molecule has 59 heavy (non-hydrogen) atoms. The Morgan fingerprint density at radius 3 is 1.78 bits per heavy atom. The summed E-state index contributed by atoms with van der Waals surface area (Å²) in [5.74, 6) is -0.316. The summed E-state index contributed by atoms with van der Waals surface area (Å²) < 4.78 is 37.6. The molecule has 0 spiro atoms. The fourth-order valence-electron chi connectivity index (χ4n) is 8.89. The lowest BCUT2D eigenvalue weighted by Gasteiger charge is -2.45. The van der Waals surface area contributed by atoms with Gasteiger partial charge in [0.05, 0.1) is 13.2 Å². The van der Waals surface area contributed by atoms with Gasteiger partial charge in [0.25, 0.3) is 0 Å². The number of aromatic nitrogens is 2. The third-order valence-electron chi connectivity index (χ3n) is 11.6. The maximum absolute atomic E-state index is 13.7. The topological polar surface area (TPSA) is 136 Å². The van der Waals surface area contributed by atoms with Gasteiger partial charge in [0, 0.05) is 23.6 Å². The molecule has 0 radical (unpaired) electrons. The maximum atomic E-state index is 13.7. The highest BCUT2D eigenvalue weighted by Gasteiger charge is 2.49. The molecule has 1 amide bonds. The van der Waals surface area contributed by atoms with E-state index < -0.39 is 48.6 Å². The van der Waals surface area contributed by atoms with E-state index in [1.54, 1.807) is 0 Å². The third kappa shape index (κ3) is 6.94. The number of hydrogen-bond acceptors (Lipinski definition) is 10. The predicted octanol–water partition coefficient (Wildman–Crippen LogP) is 7.99. The van der Waals surface area contributed by atoms with Gasteiger partial charge in [-0.15, -0.1) is 0 Å². The van der Waals surface area contributed by atoms with Crippen molar-refractivity contribution < 1.29 is 38.0 Å². The van der Waals surface area contributed by atoms with Crippen LogP contribution in [0, 0.1) is 0 Å². The minimum atomic E-state index is -1.04. The molecule has 0 bridgehead atoms. The molecule has 4 aliphatic rings. The Hall–Kier alpha value is -6.60. The van der Waals surface area contributed by atoms with E-state index >= 15 is 0 Å². The van der Waals surface area contributed by atoms with Crippen LogP contribution >= 0.6 is 0 Å². The molecule has 2 aliphatic heterocycles. The zero-order valence-corrected chi connectivity index (χ0v) is 31.7. The summed E-state index contributed by atoms with van der Waals surface area (Å²) in [6, 6.07) is 42.3. The Labute approximate surface area is 339 Å². The first-order chi connectivity index (χ1) is 29.0. The van der Waals surface area contributed by atoms with Crippen LogP contribution in [0.2, 0.25) is 0 Å². The van der Waals surface area contributed by atoms with E-state index in [1.165, 1.54) is 16.8 Å². The maximum Gasteiger partial charge on any atom is 0.508 e. The Morgan fingerprint density at radius 1 is 0.661 bits per heavy atom. The lowest BCUT2D eigenvalue weighted by Crippen LogP contribution is -2.58. The third-order valence-corrected chi connectivity index (χ3v) is 11.6. The number of nitrogens with zero attached hydrogens (tertiary/aromatic N) is 2. The minimum absolute atomic E-state index is 0.00135. The number of fused-ring (bicyclic) bond motifs is 7. The molecule has 0 unspecified atom stereocenters. The first kappa shape index (κ1) is 36.7. The molecular weight excluding hydrogens is 751 g/mol. The van der Waals surface area contributed by atoms with Gasteiger partial charge in [-0.2, -0.15) is 4.98 Å². The number of rotatable bonds is 8. The van der Waals surface area contributed by atoms with Crippen LogP contribution in [0.1, 0.15) is 52.0 Å². The van der Waals surface area contributed by atoms with Crippen LogP contribution in [0.5, 0.6) is 0 Å². The molecule has 3 heterocycles. The van der Waals surface area contributed by atoms with Crippen molar-refractivity contribution in [2.45, 2.75) is 42.5 Å². The lowest BCUT2D eigenvalue weighted by molar-refractivity contribution is -0.307. The van der Waals surface area contributed by atoms with Crippen molar-refractivity contribution in [1.82, 2.24) is 9.55 Å². The van der Waals surface area contributed by atoms with E-state index in [0.717, 1.165) is 50.1 Å². The van der Waals surface area contributed by atoms with Crippen molar-refractivity contribution in [2.75, 3.05) is 31.7 Å². The van der Waals surface area contributed by atoms with Gasteiger partial charge in [-0.05, 0) is 50.6 Å². The number of nitrogens with one attached hydrogen (secondary N) is 1. The lowest BCUT2D eigenvalue weighted by atomic mass is 9.96. The molecule has 2 saturated heterocycles. The van der Waals surface area contributed by atoms with Crippen molar-refractivity contribution in [1.29, 1.82) is 0 Å². The van der Waals surface area contributed by atoms with E-state index in [2.05, 4.69) is 34.6 Å². The van der Waals surface area contributed by atoms with Crippen molar-refractivity contribution in [3.8, 4) is 22.3 Å². The fraction of sp³-hybridized carbons (Fsp3) is 0.234. The van der Waals surface area contributed by atoms with Gasteiger partial charge in [0.15, 0.2) is 12.4 Å². The Balaban J connectivity index is 0.863. The smallest absolute Gasteiger partial charge is 0.448 e. The van der Waals surface area contributed by atoms with Crippen LogP contribution in [0.4, 0.5) is 15.4 Å². The van der Waals surface area contributed by atoms with Crippen LogP contribution in [0.15, 0.2) is 144 Å². The number of carbonyl (C=O) groups excluding carboxylic acids is 2. The van der Waals surface area contributed by atoms with Crippen molar-refractivity contribution in [3.63, 3.8) is 0 Å². The normalized spacial score (nSPS) is 21.6. The van der Waals surface area contributed by atoms with E-state index in [9.17, 15) is 14.4 Å². The van der Waals surface area contributed by atoms with Crippen LogP contribution in [0.3, 0.4) is 0 Å². The number of ether oxygens (including phenoxy) is 6. The highest BCUT2D eigenvalue weighted by Crippen LogP contribution is 2.46. The highest BCUT2D eigenvalue weighted by molar-refractivity contribution is 5.84. The first-order valence-corrected chi connectivity index (χ1v) is 19.7. The van der Waals surface area contributed by atoms with Crippen LogP contribution in [0.25, 0.3) is 22.3 Å². The number of hydrogen-bond donors (Lipinski definition) is 1. The summed E-state index contributed by atoms with van der Waals surface area (Å²) in [6.45, 7) is 0.286. The van der Waals surface area contributed by atoms with Gasteiger partial charge in [-0.25, -0.2) is 14.4 Å². The zero-order valence-electron chi connectivity index (χ0n) is 31.7. The molecular formula is C47H39N3O9. The second-order valence-corrected chi connectivity index (χ2v) is 14.9. The second-order valence-electron chi connectivity index (χ2n) is 14.9. The monoisotopic (exact) mass is 789 g/mol. The van der Waals surface area contributed by atoms with Gasteiger partial charge in [0.1, 0.15) is 37.3 Å². The van der Waals surface area contributed by atoms with Crippen LogP contribution in [-0.2, 0) is 28.4 Å². The van der Waals surface area contributed by atoms with Gasteiger partial charge in [-0.1, -0.05) is 127 Å². The average molecular weight is 790 g/mol. The molecule has 1 aromatic heterocycles. The Kier molecular flexibility index (Phi) is 9.73. The molecule has 12 heteroatoms. The summed E-state index contributed by atoms with van der Waals surface area (Å²) in [4.78, 5) is 44.7. The van der Waals surface area contributed by atoms with Crippen molar-refractivity contribution in [3.05, 3.63) is 178 Å². The number of carbonyl (C=O) groups is 2. The van der Waals surface area contributed by atoms with Crippen LogP contribution < -0.4 is 11.0 Å². The van der Waals surface area contributed by atoms with E-state index in [0.29, 0.717) is 0 Å². The van der Waals surface area contributed by atoms with Gasteiger partial charge >= 0.3 is 17.9 Å². The summed E-state index contributed by atoms with van der Waals surface area (Å²) in [5, 5.41) is 2.59. The SMILES string of the molecule is O=C(Nc1ccn([C@@H]2CO[C@@H]3CO[C@@H](c4ccccc4)O[C@H]3[C@H]2OC(=O)OCC2c3ccccc3-c3ccccc32)c(=O)n1)OCC1c2ccccc2-c2ccccc21. The summed E-state index contributed by atoms with van der Waals surface area (Å²) in [6.07, 6.45) is -3.44. The quantitative estimate of drug-likeness (QED) is 0.151. The number of benzene rings is 5. The van der Waals surface area contributed by atoms with Crippen molar-refractivity contribution in [2.24, 2.45) is 0 Å². The van der Waals surface area contributed by atoms with E-state index in [4.69, 9.17) is 28.4 Å². The first-order valence-electron chi connectivity index (χ1n) is 19.7. The van der Waals surface area contributed by atoms with Crippen LogP contribution in [-0.4, -0.2) is 66.5 Å². The van der Waals surface area contributed by atoms with Gasteiger partial charge in [0.2, 0.25) is 0 Å². The number of amides is 1.